The van der Waals surface area contributed by atoms with Crippen molar-refractivity contribution in [3.63, 3.8) is 0 Å². The van der Waals surface area contributed by atoms with E-state index < -0.39 is 0 Å². The van der Waals surface area contributed by atoms with Crippen LogP contribution in [0.2, 0.25) is 0 Å². The first kappa shape index (κ1) is 23.2. The molecule has 0 aromatic heterocycles. The summed E-state index contributed by atoms with van der Waals surface area (Å²) in [6.07, 6.45) is 7.98. The van der Waals surface area contributed by atoms with Gasteiger partial charge in [-0.05, 0) is 24.3 Å². The standard InChI is InChI=1S/C24H40N4O/c1-20(2)11-7-4-5-10-15-26-24(25-3)27-18-22-17-23(29)28(19-22)16-14-21-12-8-6-9-13-21/h6,8-9,12-13,20,22H,4-5,7,10-11,14-19H2,1-3H3,(H2,25,26,27). The molecule has 1 unspecified atom stereocenters. The number of unbranched alkanes of at least 4 members (excludes halogenated alkanes) is 3. The van der Waals surface area contributed by atoms with E-state index in [2.05, 4.69) is 53.7 Å². The predicted molar refractivity (Wildman–Crippen MR) is 122 cm³/mol. The number of nitrogens with one attached hydrogen (secondary N) is 2. The number of carbonyl (C=O) groups is 1. The summed E-state index contributed by atoms with van der Waals surface area (Å²) in [6, 6.07) is 10.4. The molecule has 1 aliphatic rings. The Bertz CT molecular complexity index is 615. The molecular formula is C24H40N4O. The molecule has 5 nitrogen and oxygen atoms in total. The lowest BCUT2D eigenvalue weighted by Gasteiger charge is -2.18. The maximum absolute atomic E-state index is 12.3. The highest BCUT2D eigenvalue weighted by Crippen LogP contribution is 2.17. The third-order valence-electron chi connectivity index (χ3n) is 5.59. The Hall–Kier alpha value is -2.04. The predicted octanol–water partition coefficient (Wildman–Crippen LogP) is 3.85. The lowest BCUT2D eigenvalue weighted by molar-refractivity contribution is -0.127. The molecule has 0 bridgehead atoms. The third kappa shape index (κ3) is 9.33. The van der Waals surface area contributed by atoms with E-state index in [-0.39, 0.29) is 5.91 Å². The van der Waals surface area contributed by atoms with Crippen LogP contribution in [-0.2, 0) is 11.2 Å². The molecule has 1 saturated heterocycles. The van der Waals surface area contributed by atoms with Crippen molar-refractivity contribution in [2.45, 2.75) is 58.8 Å². The molecule has 1 atom stereocenters. The lowest BCUT2D eigenvalue weighted by Crippen LogP contribution is -2.40. The molecule has 1 aliphatic heterocycles. The van der Waals surface area contributed by atoms with Crippen LogP contribution in [0.5, 0.6) is 0 Å². The second-order valence-corrected chi connectivity index (χ2v) is 8.62. The van der Waals surface area contributed by atoms with Gasteiger partial charge < -0.3 is 15.5 Å². The molecule has 2 rings (SSSR count). The quantitative estimate of drug-likeness (QED) is 0.318. The zero-order chi connectivity index (χ0) is 20.9. The second kappa shape index (κ2) is 13.2. The first-order chi connectivity index (χ1) is 14.1. The van der Waals surface area contributed by atoms with E-state index in [9.17, 15) is 4.79 Å². The number of likely N-dealkylation sites (tertiary alicyclic amines) is 1. The van der Waals surface area contributed by atoms with Crippen LogP contribution in [0.4, 0.5) is 0 Å². The van der Waals surface area contributed by atoms with Gasteiger partial charge in [0, 0.05) is 45.6 Å². The van der Waals surface area contributed by atoms with E-state index in [1.807, 2.05) is 18.0 Å². The summed E-state index contributed by atoms with van der Waals surface area (Å²) < 4.78 is 0. The van der Waals surface area contributed by atoms with Crippen LogP contribution in [0.1, 0.15) is 57.9 Å². The fourth-order valence-electron chi connectivity index (χ4n) is 3.82. The van der Waals surface area contributed by atoms with Crippen LogP contribution in [-0.4, -0.2) is 50.0 Å². The maximum Gasteiger partial charge on any atom is 0.223 e. The monoisotopic (exact) mass is 400 g/mol. The summed E-state index contributed by atoms with van der Waals surface area (Å²) in [5, 5.41) is 6.81. The van der Waals surface area contributed by atoms with Crippen LogP contribution in [0, 0.1) is 11.8 Å². The van der Waals surface area contributed by atoms with E-state index in [0.29, 0.717) is 12.3 Å². The molecule has 1 aromatic rings. The highest BCUT2D eigenvalue weighted by Gasteiger charge is 2.29. The minimum Gasteiger partial charge on any atom is -0.356 e. The van der Waals surface area contributed by atoms with Crippen molar-refractivity contribution in [3.05, 3.63) is 35.9 Å². The van der Waals surface area contributed by atoms with E-state index >= 15 is 0 Å². The Balaban J connectivity index is 1.58. The van der Waals surface area contributed by atoms with Crippen molar-refractivity contribution in [2.75, 3.05) is 33.2 Å². The van der Waals surface area contributed by atoms with Crippen LogP contribution in [0.3, 0.4) is 0 Å². The molecule has 0 radical (unpaired) electrons. The number of aliphatic imine (C=N–C) groups is 1. The molecule has 29 heavy (non-hydrogen) atoms. The molecule has 0 aliphatic carbocycles. The van der Waals surface area contributed by atoms with Gasteiger partial charge in [-0.1, -0.05) is 69.9 Å². The van der Waals surface area contributed by atoms with Gasteiger partial charge in [0.15, 0.2) is 5.96 Å². The first-order valence-electron chi connectivity index (χ1n) is 11.3. The van der Waals surface area contributed by atoms with Crippen molar-refractivity contribution in [1.82, 2.24) is 15.5 Å². The van der Waals surface area contributed by atoms with Gasteiger partial charge in [0.2, 0.25) is 5.91 Å². The van der Waals surface area contributed by atoms with Gasteiger partial charge >= 0.3 is 0 Å². The number of benzene rings is 1. The molecule has 0 saturated carbocycles. The number of hydrogen-bond acceptors (Lipinski definition) is 2. The zero-order valence-corrected chi connectivity index (χ0v) is 18.6. The Labute approximate surface area is 177 Å². The number of nitrogens with zero attached hydrogens (tertiary/aromatic N) is 2. The first-order valence-corrected chi connectivity index (χ1v) is 11.3. The Morgan fingerprint density at radius 3 is 2.62 bits per heavy atom. The zero-order valence-electron chi connectivity index (χ0n) is 18.6. The van der Waals surface area contributed by atoms with Gasteiger partial charge in [0.05, 0.1) is 0 Å². The van der Waals surface area contributed by atoms with Crippen molar-refractivity contribution in [1.29, 1.82) is 0 Å². The molecule has 1 fully saturated rings. The van der Waals surface area contributed by atoms with E-state index in [4.69, 9.17) is 0 Å². The molecular weight excluding hydrogens is 360 g/mol. The summed E-state index contributed by atoms with van der Waals surface area (Å²) >= 11 is 0. The maximum atomic E-state index is 12.3. The average Bonchev–Trinajstić information content (AvgIpc) is 3.08. The van der Waals surface area contributed by atoms with Gasteiger partial charge in [-0.3, -0.25) is 9.79 Å². The van der Waals surface area contributed by atoms with E-state index in [1.165, 1.54) is 37.7 Å². The molecule has 2 N–H and O–H groups in total. The smallest absolute Gasteiger partial charge is 0.223 e. The highest BCUT2D eigenvalue weighted by atomic mass is 16.2. The fraction of sp³-hybridized carbons (Fsp3) is 0.667. The van der Waals surface area contributed by atoms with Crippen molar-refractivity contribution >= 4 is 11.9 Å². The summed E-state index contributed by atoms with van der Waals surface area (Å²) in [5.41, 5.74) is 1.29. The van der Waals surface area contributed by atoms with Gasteiger partial charge in [-0.2, -0.15) is 0 Å². The van der Waals surface area contributed by atoms with Crippen LogP contribution >= 0.6 is 0 Å². The van der Waals surface area contributed by atoms with Crippen molar-refractivity contribution in [2.24, 2.45) is 16.8 Å². The third-order valence-corrected chi connectivity index (χ3v) is 5.59. The highest BCUT2D eigenvalue weighted by molar-refractivity contribution is 5.80. The van der Waals surface area contributed by atoms with Gasteiger partial charge in [0.1, 0.15) is 0 Å². The molecule has 1 aromatic carbocycles. The summed E-state index contributed by atoms with van der Waals surface area (Å²) in [4.78, 5) is 18.6. The Morgan fingerprint density at radius 1 is 1.14 bits per heavy atom. The molecule has 162 valence electrons. The number of hydrogen-bond donors (Lipinski definition) is 2. The van der Waals surface area contributed by atoms with Crippen LogP contribution in [0.25, 0.3) is 0 Å². The van der Waals surface area contributed by atoms with Crippen molar-refractivity contribution < 1.29 is 4.79 Å². The number of amides is 1. The Kier molecular flexibility index (Phi) is 10.6. The molecule has 1 amide bonds. The second-order valence-electron chi connectivity index (χ2n) is 8.62. The SMILES string of the molecule is CN=C(NCCCCCCC(C)C)NCC1CC(=O)N(CCc2ccccc2)C1. The normalized spacial score (nSPS) is 17.2. The lowest BCUT2D eigenvalue weighted by atomic mass is 10.0. The minimum absolute atomic E-state index is 0.275. The minimum atomic E-state index is 0.275. The summed E-state index contributed by atoms with van der Waals surface area (Å²) in [7, 11) is 1.81. The summed E-state index contributed by atoms with van der Waals surface area (Å²) in [5.74, 6) is 2.29. The van der Waals surface area contributed by atoms with E-state index in [1.54, 1.807) is 0 Å². The van der Waals surface area contributed by atoms with Crippen molar-refractivity contribution in [3.8, 4) is 0 Å². The number of rotatable bonds is 12. The van der Waals surface area contributed by atoms with E-state index in [0.717, 1.165) is 44.5 Å². The topological polar surface area (TPSA) is 56.7 Å². The number of guanidine groups is 1. The molecule has 0 spiro atoms. The van der Waals surface area contributed by atoms with Gasteiger partial charge in [0.25, 0.3) is 0 Å². The Morgan fingerprint density at radius 2 is 1.90 bits per heavy atom. The fourth-order valence-corrected chi connectivity index (χ4v) is 3.82. The van der Waals surface area contributed by atoms with Crippen LogP contribution < -0.4 is 10.6 Å². The molecule has 1 heterocycles. The van der Waals surface area contributed by atoms with Gasteiger partial charge in [-0.15, -0.1) is 0 Å². The number of carbonyl (C=O) groups excluding carboxylic acids is 1. The summed E-state index contributed by atoms with van der Waals surface area (Å²) in [6.45, 7) is 7.97. The van der Waals surface area contributed by atoms with Gasteiger partial charge in [-0.25, -0.2) is 0 Å². The average molecular weight is 401 g/mol. The van der Waals surface area contributed by atoms with Crippen LogP contribution in [0.15, 0.2) is 35.3 Å². The largest absolute Gasteiger partial charge is 0.356 e. The molecule has 5 heteroatoms.